The van der Waals surface area contributed by atoms with Crippen molar-refractivity contribution >= 4 is 17.0 Å². The lowest BCUT2D eigenvalue weighted by Gasteiger charge is -2.19. The second-order valence-electron chi connectivity index (χ2n) is 4.72. The van der Waals surface area contributed by atoms with Gasteiger partial charge in [0.25, 0.3) is 0 Å². The van der Waals surface area contributed by atoms with Crippen LogP contribution in [0.1, 0.15) is 19.3 Å². The summed E-state index contributed by atoms with van der Waals surface area (Å²) in [6, 6.07) is 4.15. The SMILES string of the molecule is OCC1CCCC1Nc1ccc2nccnc2n1. The third-order valence-corrected chi connectivity index (χ3v) is 3.56. The van der Waals surface area contributed by atoms with Crippen molar-refractivity contribution in [2.75, 3.05) is 11.9 Å². The third kappa shape index (κ3) is 2.13. The summed E-state index contributed by atoms with van der Waals surface area (Å²) in [7, 11) is 0. The predicted molar refractivity (Wildman–Crippen MR) is 69.2 cm³/mol. The maximum atomic E-state index is 9.30. The Bertz CT molecular complexity index is 545. The average molecular weight is 244 g/mol. The van der Waals surface area contributed by atoms with Gasteiger partial charge in [-0.2, -0.15) is 0 Å². The van der Waals surface area contributed by atoms with Gasteiger partial charge in [0.05, 0.1) is 0 Å². The minimum absolute atomic E-state index is 0.241. The van der Waals surface area contributed by atoms with Crippen molar-refractivity contribution in [3.8, 4) is 0 Å². The van der Waals surface area contributed by atoms with E-state index in [1.807, 2.05) is 12.1 Å². The molecule has 0 radical (unpaired) electrons. The van der Waals surface area contributed by atoms with Crippen molar-refractivity contribution in [2.24, 2.45) is 5.92 Å². The molecule has 0 bridgehead atoms. The molecule has 0 aliphatic heterocycles. The molecule has 1 aliphatic rings. The summed E-state index contributed by atoms with van der Waals surface area (Å²) in [6.45, 7) is 0.241. The van der Waals surface area contributed by atoms with E-state index < -0.39 is 0 Å². The van der Waals surface area contributed by atoms with E-state index >= 15 is 0 Å². The number of hydrogen-bond acceptors (Lipinski definition) is 5. The van der Waals surface area contributed by atoms with Gasteiger partial charge in [-0.15, -0.1) is 0 Å². The highest BCUT2D eigenvalue weighted by molar-refractivity contribution is 5.71. The molecule has 1 fully saturated rings. The largest absolute Gasteiger partial charge is 0.396 e. The van der Waals surface area contributed by atoms with E-state index in [2.05, 4.69) is 20.3 Å². The Labute approximate surface area is 105 Å². The van der Waals surface area contributed by atoms with Gasteiger partial charge in [0.1, 0.15) is 11.3 Å². The summed E-state index contributed by atoms with van der Waals surface area (Å²) in [4.78, 5) is 12.8. The van der Waals surface area contributed by atoms with Crippen LogP contribution in [0.2, 0.25) is 0 Å². The highest BCUT2D eigenvalue weighted by atomic mass is 16.3. The Morgan fingerprint density at radius 2 is 2.11 bits per heavy atom. The second kappa shape index (κ2) is 4.86. The summed E-state index contributed by atoms with van der Waals surface area (Å²) in [5, 5.41) is 12.7. The lowest BCUT2D eigenvalue weighted by Crippen LogP contribution is -2.26. The average Bonchev–Trinajstić information content (AvgIpc) is 2.86. The first-order chi connectivity index (χ1) is 8.86. The Morgan fingerprint density at radius 3 is 3.00 bits per heavy atom. The molecule has 94 valence electrons. The topological polar surface area (TPSA) is 70.9 Å². The van der Waals surface area contributed by atoms with E-state index in [0.717, 1.165) is 30.6 Å². The fourth-order valence-electron chi connectivity index (χ4n) is 2.57. The zero-order valence-corrected chi connectivity index (χ0v) is 10.1. The van der Waals surface area contributed by atoms with E-state index in [-0.39, 0.29) is 6.61 Å². The molecule has 5 heteroatoms. The van der Waals surface area contributed by atoms with E-state index in [1.54, 1.807) is 12.4 Å². The number of anilines is 1. The van der Waals surface area contributed by atoms with Crippen LogP contribution >= 0.6 is 0 Å². The molecule has 0 amide bonds. The number of nitrogens with one attached hydrogen (secondary N) is 1. The van der Waals surface area contributed by atoms with Gasteiger partial charge >= 0.3 is 0 Å². The maximum Gasteiger partial charge on any atom is 0.180 e. The predicted octanol–water partition coefficient (Wildman–Crippen LogP) is 1.60. The Hall–Kier alpha value is -1.75. The van der Waals surface area contributed by atoms with Gasteiger partial charge in [-0.05, 0) is 25.0 Å². The first-order valence-corrected chi connectivity index (χ1v) is 6.32. The molecule has 2 aromatic rings. The van der Waals surface area contributed by atoms with E-state index in [1.165, 1.54) is 0 Å². The summed E-state index contributed by atoms with van der Waals surface area (Å²) in [6.07, 6.45) is 6.64. The number of nitrogens with zero attached hydrogens (tertiary/aromatic N) is 3. The lowest BCUT2D eigenvalue weighted by atomic mass is 10.1. The summed E-state index contributed by atoms with van der Waals surface area (Å²) < 4.78 is 0. The number of fused-ring (bicyclic) bond motifs is 1. The normalized spacial score (nSPS) is 23.4. The molecule has 2 aromatic heterocycles. The Kier molecular flexibility index (Phi) is 3.06. The summed E-state index contributed by atoms with van der Waals surface area (Å²) in [5.74, 6) is 1.15. The quantitative estimate of drug-likeness (QED) is 0.858. The van der Waals surface area contributed by atoms with Crippen LogP contribution in [0, 0.1) is 5.92 Å². The van der Waals surface area contributed by atoms with E-state index in [9.17, 15) is 5.11 Å². The fourth-order valence-corrected chi connectivity index (χ4v) is 2.57. The molecule has 0 spiro atoms. The second-order valence-corrected chi connectivity index (χ2v) is 4.72. The zero-order valence-electron chi connectivity index (χ0n) is 10.1. The summed E-state index contributed by atoms with van der Waals surface area (Å²) in [5.41, 5.74) is 1.45. The van der Waals surface area contributed by atoms with Crippen LogP contribution in [-0.2, 0) is 0 Å². The molecule has 1 saturated carbocycles. The van der Waals surface area contributed by atoms with Crippen LogP contribution in [0.3, 0.4) is 0 Å². The minimum atomic E-state index is 0.241. The number of aromatic nitrogens is 3. The van der Waals surface area contributed by atoms with Crippen LogP contribution in [-0.4, -0.2) is 32.7 Å². The third-order valence-electron chi connectivity index (χ3n) is 3.56. The standard InChI is InChI=1S/C13H16N4O/c18-8-9-2-1-3-10(9)16-12-5-4-11-13(17-12)15-7-6-14-11/h4-7,9-10,18H,1-3,8H2,(H,15,16,17). The smallest absolute Gasteiger partial charge is 0.180 e. The highest BCUT2D eigenvalue weighted by Crippen LogP contribution is 2.27. The van der Waals surface area contributed by atoms with Crippen molar-refractivity contribution in [3.63, 3.8) is 0 Å². The number of aliphatic hydroxyl groups is 1. The molecule has 0 aromatic carbocycles. The first-order valence-electron chi connectivity index (χ1n) is 6.32. The van der Waals surface area contributed by atoms with Crippen LogP contribution in [0.4, 0.5) is 5.82 Å². The molecule has 0 saturated heterocycles. The molecular formula is C13H16N4O. The van der Waals surface area contributed by atoms with Crippen LogP contribution in [0.5, 0.6) is 0 Å². The minimum Gasteiger partial charge on any atom is -0.396 e. The molecular weight excluding hydrogens is 228 g/mol. The number of pyridine rings is 1. The van der Waals surface area contributed by atoms with Crippen LogP contribution in [0.25, 0.3) is 11.2 Å². The van der Waals surface area contributed by atoms with Gasteiger partial charge in [-0.25, -0.2) is 9.97 Å². The molecule has 2 N–H and O–H groups in total. The number of hydrogen-bond donors (Lipinski definition) is 2. The highest BCUT2D eigenvalue weighted by Gasteiger charge is 2.26. The van der Waals surface area contributed by atoms with E-state index in [0.29, 0.717) is 17.6 Å². The molecule has 5 nitrogen and oxygen atoms in total. The molecule has 1 aliphatic carbocycles. The van der Waals surface area contributed by atoms with Crippen molar-refractivity contribution in [2.45, 2.75) is 25.3 Å². The van der Waals surface area contributed by atoms with Gasteiger partial charge in [-0.3, -0.25) is 4.98 Å². The molecule has 18 heavy (non-hydrogen) atoms. The number of rotatable bonds is 3. The maximum absolute atomic E-state index is 9.30. The first kappa shape index (κ1) is 11.3. The Balaban J connectivity index is 1.82. The van der Waals surface area contributed by atoms with Crippen LogP contribution in [0.15, 0.2) is 24.5 Å². The Morgan fingerprint density at radius 1 is 1.22 bits per heavy atom. The van der Waals surface area contributed by atoms with Gasteiger partial charge in [0.15, 0.2) is 5.65 Å². The zero-order chi connectivity index (χ0) is 12.4. The van der Waals surface area contributed by atoms with Gasteiger partial charge in [0.2, 0.25) is 0 Å². The monoisotopic (exact) mass is 244 g/mol. The van der Waals surface area contributed by atoms with E-state index in [4.69, 9.17) is 0 Å². The van der Waals surface area contributed by atoms with Gasteiger partial charge in [0, 0.05) is 31.0 Å². The lowest BCUT2D eigenvalue weighted by molar-refractivity contribution is 0.222. The fraction of sp³-hybridized carbons (Fsp3) is 0.462. The van der Waals surface area contributed by atoms with Crippen LogP contribution < -0.4 is 5.32 Å². The molecule has 3 rings (SSSR count). The van der Waals surface area contributed by atoms with Gasteiger partial charge < -0.3 is 10.4 Å². The van der Waals surface area contributed by atoms with Crippen molar-refractivity contribution in [3.05, 3.63) is 24.5 Å². The molecule has 2 unspecified atom stereocenters. The summed E-state index contributed by atoms with van der Waals surface area (Å²) >= 11 is 0. The van der Waals surface area contributed by atoms with Crippen molar-refractivity contribution in [1.29, 1.82) is 0 Å². The number of aliphatic hydroxyl groups excluding tert-OH is 1. The molecule has 2 atom stereocenters. The van der Waals surface area contributed by atoms with Gasteiger partial charge in [-0.1, -0.05) is 6.42 Å². The van der Waals surface area contributed by atoms with Crippen molar-refractivity contribution in [1.82, 2.24) is 15.0 Å². The van der Waals surface area contributed by atoms with Crippen molar-refractivity contribution < 1.29 is 5.11 Å². The molecule has 2 heterocycles.